The van der Waals surface area contributed by atoms with E-state index in [0.29, 0.717) is 5.92 Å². The van der Waals surface area contributed by atoms with Crippen LogP contribution in [-0.2, 0) is 11.2 Å². The molecule has 0 saturated carbocycles. The molecule has 3 aromatic rings. The molecular formula is C27H32N4O. The summed E-state index contributed by atoms with van der Waals surface area (Å²) in [5.74, 6) is 1.39. The Labute approximate surface area is 190 Å². The highest BCUT2D eigenvalue weighted by atomic mass is 16.1. The Morgan fingerprint density at radius 3 is 2.41 bits per heavy atom. The van der Waals surface area contributed by atoms with Gasteiger partial charge in [0.15, 0.2) is 0 Å². The Balaban J connectivity index is 1.41. The second-order valence-corrected chi connectivity index (χ2v) is 8.60. The molecule has 0 radical (unpaired) electrons. The van der Waals surface area contributed by atoms with Crippen molar-refractivity contribution in [3.05, 3.63) is 77.6 Å². The fourth-order valence-electron chi connectivity index (χ4n) is 4.55. The molecule has 0 aliphatic carbocycles. The van der Waals surface area contributed by atoms with E-state index in [1.165, 1.54) is 11.1 Å². The smallest absolute Gasteiger partial charge is 0.225 e. The summed E-state index contributed by atoms with van der Waals surface area (Å²) >= 11 is 0. The lowest BCUT2D eigenvalue weighted by molar-refractivity contribution is -0.119. The Hall–Kier alpha value is -3.21. The van der Waals surface area contributed by atoms with E-state index < -0.39 is 0 Å². The summed E-state index contributed by atoms with van der Waals surface area (Å²) < 4.78 is 0. The summed E-state index contributed by atoms with van der Waals surface area (Å²) in [5, 5.41) is 2.95. The molecule has 1 N–H and O–H groups in total. The number of piperidine rings is 1. The standard InChI is InChI=1S/C27H32N4O/c1-4-26-25(24-8-6-5-7-9-24)18-28-27(30-26)31-16-14-23(15-17-31)22-12-10-21(11-13-22)19(2)29-20(3)32/h5-13,18-19,23H,4,14-17H2,1-3H3,(H,29,32)/t19-/m0/s1. The first-order chi connectivity index (χ1) is 15.5. The van der Waals surface area contributed by atoms with E-state index in [1.54, 1.807) is 6.92 Å². The summed E-state index contributed by atoms with van der Waals surface area (Å²) in [4.78, 5) is 23.3. The van der Waals surface area contributed by atoms with Gasteiger partial charge in [0, 0.05) is 31.8 Å². The van der Waals surface area contributed by atoms with Crippen LogP contribution in [0.15, 0.2) is 60.8 Å². The van der Waals surface area contributed by atoms with E-state index in [4.69, 9.17) is 9.97 Å². The predicted molar refractivity (Wildman–Crippen MR) is 130 cm³/mol. The average molecular weight is 429 g/mol. The number of anilines is 1. The molecular weight excluding hydrogens is 396 g/mol. The van der Waals surface area contributed by atoms with Gasteiger partial charge in [-0.05, 0) is 48.8 Å². The molecule has 2 aromatic carbocycles. The second kappa shape index (κ2) is 9.94. The van der Waals surface area contributed by atoms with Crippen molar-refractivity contribution >= 4 is 11.9 Å². The number of aryl methyl sites for hydroxylation is 1. The third-order valence-corrected chi connectivity index (χ3v) is 6.38. The van der Waals surface area contributed by atoms with Crippen LogP contribution in [0, 0.1) is 0 Å². The van der Waals surface area contributed by atoms with Gasteiger partial charge in [0.25, 0.3) is 0 Å². The van der Waals surface area contributed by atoms with Gasteiger partial charge in [-0.1, -0.05) is 61.5 Å². The summed E-state index contributed by atoms with van der Waals surface area (Å²) in [7, 11) is 0. The molecule has 0 spiro atoms. The van der Waals surface area contributed by atoms with E-state index in [-0.39, 0.29) is 11.9 Å². The molecule has 1 atom stereocenters. The lowest BCUT2D eigenvalue weighted by Crippen LogP contribution is -2.34. The maximum absolute atomic E-state index is 11.3. The fourth-order valence-corrected chi connectivity index (χ4v) is 4.55. The van der Waals surface area contributed by atoms with Crippen LogP contribution in [0.5, 0.6) is 0 Å². The Morgan fingerprint density at radius 1 is 1.09 bits per heavy atom. The zero-order valence-electron chi connectivity index (χ0n) is 19.2. The van der Waals surface area contributed by atoms with Gasteiger partial charge in [0.1, 0.15) is 0 Å². The maximum Gasteiger partial charge on any atom is 0.225 e. The number of hydrogen-bond acceptors (Lipinski definition) is 4. The summed E-state index contributed by atoms with van der Waals surface area (Å²) in [6.07, 6.45) is 5.05. The van der Waals surface area contributed by atoms with Gasteiger partial charge >= 0.3 is 0 Å². The van der Waals surface area contributed by atoms with Crippen molar-refractivity contribution in [2.45, 2.75) is 52.0 Å². The van der Waals surface area contributed by atoms with E-state index in [9.17, 15) is 4.79 Å². The van der Waals surface area contributed by atoms with Crippen molar-refractivity contribution in [3.63, 3.8) is 0 Å². The number of rotatable bonds is 6. The quantitative estimate of drug-likeness (QED) is 0.580. The third-order valence-electron chi connectivity index (χ3n) is 6.38. The molecule has 1 saturated heterocycles. The van der Waals surface area contributed by atoms with Gasteiger partial charge in [0.05, 0.1) is 11.7 Å². The van der Waals surface area contributed by atoms with Crippen LogP contribution < -0.4 is 10.2 Å². The number of aromatic nitrogens is 2. The van der Waals surface area contributed by atoms with Crippen molar-refractivity contribution in [1.82, 2.24) is 15.3 Å². The topological polar surface area (TPSA) is 58.1 Å². The number of carbonyl (C=O) groups is 1. The molecule has 1 amide bonds. The van der Waals surface area contributed by atoms with Crippen molar-refractivity contribution in [3.8, 4) is 11.1 Å². The molecule has 1 aliphatic heterocycles. The van der Waals surface area contributed by atoms with Crippen LogP contribution in [0.2, 0.25) is 0 Å². The summed E-state index contributed by atoms with van der Waals surface area (Å²) in [5.41, 5.74) is 5.91. The van der Waals surface area contributed by atoms with Gasteiger partial charge in [-0.2, -0.15) is 0 Å². The third kappa shape index (κ3) is 4.98. The molecule has 166 valence electrons. The van der Waals surface area contributed by atoms with E-state index >= 15 is 0 Å². The van der Waals surface area contributed by atoms with Crippen LogP contribution >= 0.6 is 0 Å². The summed E-state index contributed by atoms with van der Waals surface area (Å²) in [6, 6.07) is 19.1. The van der Waals surface area contributed by atoms with Crippen molar-refractivity contribution in [2.75, 3.05) is 18.0 Å². The van der Waals surface area contributed by atoms with Crippen molar-refractivity contribution in [1.29, 1.82) is 0 Å². The number of amides is 1. The van der Waals surface area contributed by atoms with Crippen molar-refractivity contribution in [2.24, 2.45) is 0 Å². The van der Waals surface area contributed by atoms with Gasteiger partial charge in [-0.15, -0.1) is 0 Å². The molecule has 1 fully saturated rings. The average Bonchev–Trinajstić information content (AvgIpc) is 2.84. The van der Waals surface area contributed by atoms with Crippen LogP contribution in [0.3, 0.4) is 0 Å². The highest BCUT2D eigenvalue weighted by molar-refractivity contribution is 5.73. The Kier molecular flexibility index (Phi) is 6.84. The van der Waals surface area contributed by atoms with Gasteiger partial charge in [-0.25, -0.2) is 9.97 Å². The largest absolute Gasteiger partial charge is 0.350 e. The maximum atomic E-state index is 11.3. The van der Waals surface area contributed by atoms with Crippen LogP contribution in [0.4, 0.5) is 5.95 Å². The lowest BCUT2D eigenvalue weighted by Gasteiger charge is -2.32. The number of benzene rings is 2. The molecule has 1 aliphatic rings. The van der Waals surface area contributed by atoms with Gasteiger partial charge in [-0.3, -0.25) is 4.79 Å². The van der Waals surface area contributed by atoms with Crippen LogP contribution in [0.1, 0.15) is 62.4 Å². The normalized spacial score (nSPS) is 15.4. The number of nitrogens with one attached hydrogen (secondary N) is 1. The van der Waals surface area contributed by atoms with Crippen LogP contribution in [0.25, 0.3) is 11.1 Å². The minimum atomic E-state index is -0.000742. The highest BCUT2D eigenvalue weighted by Gasteiger charge is 2.23. The molecule has 2 heterocycles. The van der Waals surface area contributed by atoms with Gasteiger partial charge < -0.3 is 10.2 Å². The highest BCUT2D eigenvalue weighted by Crippen LogP contribution is 2.31. The predicted octanol–water partition coefficient (Wildman–Crippen LogP) is 5.29. The van der Waals surface area contributed by atoms with Crippen molar-refractivity contribution < 1.29 is 4.79 Å². The van der Waals surface area contributed by atoms with E-state index in [1.807, 2.05) is 19.2 Å². The first-order valence-corrected chi connectivity index (χ1v) is 11.6. The Bertz CT molecular complexity index is 1040. The number of nitrogens with zero attached hydrogens (tertiary/aromatic N) is 3. The zero-order chi connectivity index (χ0) is 22.5. The number of hydrogen-bond donors (Lipinski definition) is 1. The number of carbonyl (C=O) groups excluding carboxylic acids is 1. The molecule has 4 rings (SSSR count). The van der Waals surface area contributed by atoms with E-state index in [2.05, 4.69) is 65.7 Å². The molecule has 5 heteroatoms. The second-order valence-electron chi connectivity index (χ2n) is 8.60. The first kappa shape index (κ1) is 22.0. The zero-order valence-corrected chi connectivity index (χ0v) is 19.2. The molecule has 0 bridgehead atoms. The summed E-state index contributed by atoms with van der Waals surface area (Å²) in [6.45, 7) is 7.65. The fraction of sp³-hybridized carbons (Fsp3) is 0.370. The molecule has 5 nitrogen and oxygen atoms in total. The molecule has 0 unspecified atom stereocenters. The minimum absolute atomic E-state index is 0.000742. The molecule has 1 aromatic heterocycles. The SMILES string of the molecule is CCc1nc(N2CCC(c3ccc([C@H](C)NC(C)=O)cc3)CC2)ncc1-c1ccccc1. The van der Waals surface area contributed by atoms with Gasteiger partial charge in [0.2, 0.25) is 11.9 Å². The monoisotopic (exact) mass is 428 g/mol. The molecule has 32 heavy (non-hydrogen) atoms. The van der Waals surface area contributed by atoms with E-state index in [0.717, 1.165) is 55.1 Å². The lowest BCUT2D eigenvalue weighted by atomic mass is 9.88. The van der Waals surface area contributed by atoms with Crippen LogP contribution in [-0.4, -0.2) is 29.0 Å². The Morgan fingerprint density at radius 2 is 1.78 bits per heavy atom. The first-order valence-electron chi connectivity index (χ1n) is 11.6. The minimum Gasteiger partial charge on any atom is -0.350 e.